The standard InChI is InChI=1S/C58H78Br2ClF3N8O15/c1-30(2)48(70-45(73)18-11-10-15-32(4)84-52(77)35(28-59)29-60)51(76)68-39(16-13-21-66-53(65)78)50(75)67-36-19-20-38(37(25-36)58(62,63)64)69-54(79)86-44-26-46(74)72(7)40-23-34(24-41(82-8)47(40)61)22-31(3)14-12-17-43(83-9)57(81)27-42(85-55(80)71-57)33(5)49-56(44,6)87-49/h12,14,17,19-20,23-25,30,32-33,35,39,42-44,48-49,81H,10-11,13,15-16,18,21-22,26-29H2,1-9H3,(H,67,75)(H,68,76)(H,69,79)(H,70,73)(H,71,80)(H3,65,66,78)/b17-12+,31-14+/t32?,33-,39+,42+,43-,44+,48+,49+,56+,57+/m1/s1. The molecule has 3 aliphatic heterocycles. The molecule has 0 saturated carbocycles. The number of alkyl carbamates (subject to hydrolysis) is 1. The minimum Gasteiger partial charge on any atom is -0.495 e. The largest absolute Gasteiger partial charge is 0.495 e. The highest BCUT2D eigenvalue weighted by Crippen LogP contribution is 2.49. The number of aliphatic hydroxyl groups is 1. The van der Waals surface area contributed by atoms with Crippen LogP contribution in [0.25, 0.3) is 0 Å². The molecule has 3 heterocycles. The summed E-state index contributed by atoms with van der Waals surface area (Å²) in [6, 6.07) is 2.33. The van der Waals surface area contributed by atoms with Crippen LogP contribution >= 0.6 is 43.5 Å². The maximum atomic E-state index is 15.1. The van der Waals surface area contributed by atoms with Crippen LogP contribution in [0.5, 0.6) is 5.75 Å². The molecular weight excluding hydrogens is 1300 g/mol. The van der Waals surface area contributed by atoms with Gasteiger partial charge in [-0.1, -0.05) is 88.0 Å². The number of anilines is 3. The molecule has 0 aliphatic carbocycles. The van der Waals surface area contributed by atoms with Crippen LogP contribution in [0.3, 0.4) is 0 Å². The van der Waals surface area contributed by atoms with Crippen molar-refractivity contribution in [1.29, 1.82) is 0 Å². The van der Waals surface area contributed by atoms with Crippen LogP contribution in [0.1, 0.15) is 104 Å². The molecule has 482 valence electrons. The fourth-order valence-electron chi connectivity index (χ4n) is 10.1. The number of carbonyl (C=O) groups excluding carboxylic acids is 8. The van der Waals surface area contributed by atoms with E-state index in [1.54, 1.807) is 58.1 Å². The highest BCUT2D eigenvalue weighted by atomic mass is 79.9. The van der Waals surface area contributed by atoms with Crippen molar-refractivity contribution in [2.24, 2.45) is 23.5 Å². The third-order valence-corrected chi connectivity index (χ3v) is 17.1. The van der Waals surface area contributed by atoms with Crippen molar-refractivity contribution in [3.63, 3.8) is 0 Å². The van der Waals surface area contributed by atoms with E-state index in [2.05, 4.69) is 63.8 Å². The summed E-state index contributed by atoms with van der Waals surface area (Å²) in [5.74, 6) is -4.69. The average Bonchev–Trinajstić information content (AvgIpc) is 1.63. The number of benzene rings is 2. The number of amides is 8. The van der Waals surface area contributed by atoms with E-state index in [0.29, 0.717) is 48.0 Å². The molecule has 4 bridgehead atoms. The Morgan fingerprint density at radius 3 is 2.32 bits per heavy atom. The first-order chi connectivity index (χ1) is 40.9. The fraction of sp³-hybridized carbons (Fsp3) is 0.586. The van der Waals surface area contributed by atoms with E-state index >= 15 is 13.2 Å². The summed E-state index contributed by atoms with van der Waals surface area (Å²) in [5.41, 5.74) is 0.640. The molecule has 2 fully saturated rings. The first kappa shape index (κ1) is 71.6. The normalized spacial score (nSPS) is 24.3. The Hall–Kier alpha value is -6.20. The van der Waals surface area contributed by atoms with Gasteiger partial charge in [0.2, 0.25) is 23.6 Å². The Morgan fingerprint density at radius 2 is 1.69 bits per heavy atom. The number of nitrogens with zero attached hydrogens (tertiary/aromatic N) is 1. The number of hydrogen-bond donors (Lipinski definition) is 8. The van der Waals surface area contributed by atoms with Gasteiger partial charge < -0.3 is 65.4 Å². The van der Waals surface area contributed by atoms with Gasteiger partial charge in [0, 0.05) is 55.8 Å². The van der Waals surface area contributed by atoms with Crippen LogP contribution in [-0.2, 0) is 60.3 Å². The first-order valence-electron chi connectivity index (χ1n) is 28.2. The molecule has 23 nitrogen and oxygen atoms in total. The number of epoxide rings is 1. The number of carbonyl (C=O) groups is 8. The monoisotopic (exact) mass is 1380 g/mol. The summed E-state index contributed by atoms with van der Waals surface area (Å²) >= 11 is 13.4. The first-order valence-corrected chi connectivity index (χ1v) is 30.8. The van der Waals surface area contributed by atoms with Crippen LogP contribution < -0.4 is 47.3 Å². The van der Waals surface area contributed by atoms with Crippen molar-refractivity contribution in [3.8, 4) is 5.75 Å². The molecule has 2 aromatic carbocycles. The second-order valence-electron chi connectivity index (χ2n) is 22.3. The predicted octanol–water partition coefficient (Wildman–Crippen LogP) is 8.30. The van der Waals surface area contributed by atoms with E-state index < -0.39 is 137 Å². The van der Waals surface area contributed by atoms with Gasteiger partial charge >= 0.3 is 30.4 Å². The van der Waals surface area contributed by atoms with Crippen LogP contribution in [0, 0.1) is 17.8 Å². The molecule has 1 unspecified atom stereocenters. The predicted molar refractivity (Wildman–Crippen MR) is 323 cm³/mol. The molecule has 29 heteroatoms. The molecule has 0 radical (unpaired) electrons. The smallest absolute Gasteiger partial charge is 0.418 e. The summed E-state index contributed by atoms with van der Waals surface area (Å²) in [5, 5.41) is 27.4. The number of nitrogens with two attached hydrogens (primary N) is 1. The average molecular weight is 1380 g/mol. The topological polar surface area (TPSA) is 317 Å². The minimum absolute atomic E-state index is 0.0143. The highest BCUT2D eigenvalue weighted by Gasteiger charge is 2.64. The molecule has 2 saturated heterocycles. The number of esters is 1. The number of alkyl halides is 5. The van der Waals surface area contributed by atoms with Gasteiger partial charge in [-0.3, -0.25) is 34.6 Å². The molecule has 0 aromatic heterocycles. The lowest BCUT2D eigenvalue weighted by atomic mass is 9.83. The number of nitrogens with one attached hydrogen (secondary N) is 6. The number of primary amides is 1. The van der Waals surface area contributed by atoms with Crippen LogP contribution in [-0.4, -0.2) is 145 Å². The van der Waals surface area contributed by atoms with E-state index in [0.717, 1.165) is 17.7 Å². The van der Waals surface area contributed by atoms with Gasteiger partial charge in [0.1, 0.15) is 46.8 Å². The SMILES string of the molecule is COc1cc2cc(c1Cl)N(C)C(=O)C[C@H](OC(=O)Nc1ccc(NC(=O)[C@H](CCCNC(N)=O)NC(=O)[C@@H](NC(=O)CCCCC(C)OC(=O)C(CBr)CBr)C(C)C)cc1C(F)(F)F)[C@]1(C)O[C@H]1[C@H](C)[C@@H]1C[C@@](O)(NC(=O)O1)[C@H](OC)/C=C/C=C(\C)C2. The Kier molecular flexibility index (Phi) is 26.2. The number of hydrogen-bond acceptors (Lipinski definition) is 15. The van der Waals surface area contributed by atoms with Crippen molar-refractivity contribution in [3.05, 3.63) is 70.3 Å². The number of fused-ring (bicyclic) bond motifs is 5. The van der Waals surface area contributed by atoms with E-state index in [-0.39, 0.29) is 60.6 Å². The van der Waals surface area contributed by atoms with E-state index in [1.807, 2.05) is 6.92 Å². The lowest BCUT2D eigenvalue weighted by Crippen LogP contribution is -2.63. The molecule has 8 amide bonds. The number of rotatable bonds is 23. The lowest BCUT2D eigenvalue weighted by molar-refractivity contribution is -0.152. The number of ether oxygens (including phenoxy) is 6. The molecule has 87 heavy (non-hydrogen) atoms. The van der Waals surface area contributed by atoms with Crippen LogP contribution in [0.15, 0.2) is 54.1 Å². The molecular formula is C58H78Br2ClF3N8O15. The van der Waals surface area contributed by atoms with E-state index in [9.17, 15) is 43.5 Å². The quantitative estimate of drug-likeness (QED) is 0.0171. The van der Waals surface area contributed by atoms with Gasteiger partial charge in [-0.15, -0.1) is 0 Å². The highest BCUT2D eigenvalue weighted by molar-refractivity contribution is 9.09. The zero-order valence-corrected chi connectivity index (χ0v) is 53.8. The van der Waals surface area contributed by atoms with Crippen molar-refractivity contribution in [2.45, 2.75) is 159 Å². The van der Waals surface area contributed by atoms with E-state index in [4.69, 9.17) is 45.8 Å². The summed E-state index contributed by atoms with van der Waals surface area (Å²) < 4.78 is 79.6. The summed E-state index contributed by atoms with van der Waals surface area (Å²) in [6.45, 7) is 10.0. The number of allylic oxidation sites excluding steroid dienone is 3. The Bertz CT molecular complexity index is 2890. The van der Waals surface area contributed by atoms with E-state index in [1.165, 1.54) is 33.1 Å². The second kappa shape index (κ2) is 31.8. The van der Waals surface area contributed by atoms with Gasteiger partial charge in [0.05, 0.1) is 48.6 Å². The van der Waals surface area contributed by atoms with Crippen LogP contribution in [0.2, 0.25) is 5.02 Å². The third kappa shape index (κ3) is 19.9. The molecule has 2 aromatic rings. The maximum Gasteiger partial charge on any atom is 0.418 e. The molecule has 9 N–H and O–H groups in total. The zero-order valence-electron chi connectivity index (χ0n) is 49.8. The third-order valence-electron chi connectivity index (χ3n) is 15.2. The Balaban J connectivity index is 1.37. The van der Waals surface area contributed by atoms with Gasteiger partial charge in [-0.25, -0.2) is 14.4 Å². The molecule has 5 rings (SSSR count). The second-order valence-corrected chi connectivity index (χ2v) is 24.0. The van der Waals surface area contributed by atoms with Crippen molar-refractivity contribution in [2.75, 3.05) is 54.0 Å². The Labute approximate surface area is 525 Å². The van der Waals surface area contributed by atoms with Crippen molar-refractivity contribution in [1.82, 2.24) is 21.3 Å². The van der Waals surface area contributed by atoms with Gasteiger partial charge in [-0.05, 0) is 101 Å². The number of methoxy groups -OCH3 is 2. The van der Waals surface area contributed by atoms with Crippen LogP contribution in [0.4, 0.5) is 44.6 Å². The maximum absolute atomic E-state index is 15.1. The molecule has 10 atom stereocenters. The van der Waals surface area contributed by atoms with Gasteiger partial charge in [0.15, 0.2) is 5.72 Å². The summed E-state index contributed by atoms with van der Waals surface area (Å²) in [6.07, 6.45) is -6.90. The Morgan fingerprint density at radius 1 is 0.989 bits per heavy atom. The number of urea groups is 1. The molecule has 0 spiro atoms. The minimum atomic E-state index is -5.19. The number of unbranched alkanes of at least 4 members (excludes halogenated alkanes) is 1. The van der Waals surface area contributed by atoms with Gasteiger partial charge in [0.25, 0.3) is 0 Å². The molecule has 3 aliphatic rings. The fourth-order valence-corrected chi connectivity index (χ4v) is 12.0. The zero-order chi connectivity index (χ0) is 64.7. The lowest BCUT2D eigenvalue weighted by Gasteiger charge is -2.42. The summed E-state index contributed by atoms with van der Waals surface area (Å²) in [4.78, 5) is 107. The van der Waals surface area contributed by atoms with Crippen molar-refractivity contribution < 1.29 is 85.1 Å². The van der Waals surface area contributed by atoms with Crippen molar-refractivity contribution >= 4 is 108 Å². The summed E-state index contributed by atoms with van der Waals surface area (Å²) in [7, 11) is 4.17. The number of halogens is 6. The van der Waals surface area contributed by atoms with Gasteiger partial charge in [-0.2, -0.15) is 13.2 Å².